The molecule has 1 N–H and O–H groups in total. The van der Waals surface area contributed by atoms with E-state index in [4.69, 9.17) is 0 Å². The minimum atomic E-state index is -0.824. The fraction of sp³-hybridized carbons (Fsp3) is 0.500. The van der Waals surface area contributed by atoms with Crippen molar-refractivity contribution in [2.75, 3.05) is 12.8 Å². The Morgan fingerprint density at radius 1 is 1.44 bits per heavy atom. The van der Waals surface area contributed by atoms with Gasteiger partial charge >= 0.3 is 0 Å². The molecule has 0 radical (unpaired) electrons. The maximum atomic E-state index is 13.0. The maximum Gasteiger partial charge on any atom is 0.123 e. The molecular weight excluding hydrogens is 225 g/mol. The monoisotopic (exact) mass is 243 g/mol. The molecule has 0 aliphatic rings. The third kappa shape index (κ3) is 4.02. The van der Waals surface area contributed by atoms with E-state index >= 15 is 0 Å². The van der Waals surface area contributed by atoms with E-state index in [1.807, 2.05) is 19.9 Å². The molecule has 3 atom stereocenters. The zero-order chi connectivity index (χ0) is 12.1. The van der Waals surface area contributed by atoms with Crippen LogP contribution in [0.15, 0.2) is 24.3 Å². The molecule has 0 aliphatic carbocycles. The van der Waals surface area contributed by atoms with Crippen molar-refractivity contribution >= 4 is 10.8 Å². The van der Waals surface area contributed by atoms with Gasteiger partial charge in [0.15, 0.2) is 0 Å². The minimum Gasteiger partial charge on any atom is -0.309 e. The van der Waals surface area contributed by atoms with E-state index < -0.39 is 10.8 Å². The van der Waals surface area contributed by atoms with Gasteiger partial charge in [0, 0.05) is 34.9 Å². The first-order valence-electron chi connectivity index (χ1n) is 5.31. The van der Waals surface area contributed by atoms with Crippen LogP contribution in [0.4, 0.5) is 4.39 Å². The molecule has 16 heavy (non-hydrogen) atoms. The van der Waals surface area contributed by atoms with Crippen LogP contribution < -0.4 is 5.32 Å². The number of halogens is 1. The predicted molar refractivity (Wildman–Crippen MR) is 66.3 cm³/mol. The fourth-order valence-electron chi connectivity index (χ4n) is 1.35. The predicted octanol–water partition coefficient (Wildman–Crippen LogP) is 2.24. The lowest BCUT2D eigenvalue weighted by Gasteiger charge is -2.16. The first-order chi connectivity index (χ1) is 7.50. The van der Waals surface area contributed by atoms with Gasteiger partial charge in [0.2, 0.25) is 0 Å². The summed E-state index contributed by atoms with van der Waals surface area (Å²) in [5.74, 6) is -0.224. The van der Waals surface area contributed by atoms with Gasteiger partial charge in [-0.25, -0.2) is 4.39 Å². The van der Waals surface area contributed by atoms with Crippen LogP contribution in [0.5, 0.6) is 0 Å². The molecule has 0 amide bonds. The quantitative estimate of drug-likeness (QED) is 0.859. The van der Waals surface area contributed by atoms with E-state index in [-0.39, 0.29) is 17.1 Å². The van der Waals surface area contributed by atoms with Crippen LogP contribution in [-0.2, 0) is 10.8 Å². The van der Waals surface area contributed by atoms with E-state index in [9.17, 15) is 8.60 Å². The largest absolute Gasteiger partial charge is 0.309 e. The number of rotatable bonds is 5. The third-order valence-electron chi connectivity index (χ3n) is 2.63. The van der Waals surface area contributed by atoms with Gasteiger partial charge in [0.25, 0.3) is 0 Å². The van der Waals surface area contributed by atoms with Crippen molar-refractivity contribution in [2.45, 2.75) is 25.1 Å². The van der Waals surface area contributed by atoms with Gasteiger partial charge in [-0.05, 0) is 31.5 Å². The molecule has 1 aromatic carbocycles. The van der Waals surface area contributed by atoms with Crippen molar-refractivity contribution < 1.29 is 8.60 Å². The lowest BCUT2D eigenvalue weighted by Crippen LogP contribution is -2.29. The fourth-order valence-corrected chi connectivity index (χ4v) is 1.68. The molecule has 0 bridgehead atoms. The van der Waals surface area contributed by atoms with E-state index in [2.05, 4.69) is 5.32 Å². The highest BCUT2D eigenvalue weighted by Crippen LogP contribution is 2.13. The smallest absolute Gasteiger partial charge is 0.123 e. The average molecular weight is 243 g/mol. The summed E-state index contributed by atoms with van der Waals surface area (Å²) in [4.78, 5) is 0. The Bertz CT molecular complexity index is 370. The van der Waals surface area contributed by atoms with Crippen LogP contribution in [0.1, 0.15) is 25.5 Å². The highest BCUT2D eigenvalue weighted by molar-refractivity contribution is 7.84. The highest BCUT2D eigenvalue weighted by Gasteiger charge is 2.10. The van der Waals surface area contributed by atoms with Crippen molar-refractivity contribution in [3.8, 4) is 0 Å². The summed E-state index contributed by atoms with van der Waals surface area (Å²) in [5, 5.41) is 3.35. The van der Waals surface area contributed by atoms with Gasteiger partial charge in [0.05, 0.1) is 0 Å². The van der Waals surface area contributed by atoms with Crippen LogP contribution in [-0.4, -0.2) is 22.3 Å². The molecule has 0 spiro atoms. The normalized spacial score (nSPS) is 16.8. The van der Waals surface area contributed by atoms with Crippen LogP contribution in [0.3, 0.4) is 0 Å². The van der Waals surface area contributed by atoms with Crippen molar-refractivity contribution in [1.29, 1.82) is 0 Å². The number of nitrogens with one attached hydrogen (secondary N) is 1. The first kappa shape index (κ1) is 13.3. The lowest BCUT2D eigenvalue weighted by atomic mass is 10.1. The molecule has 90 valence electrons. The van der Waals surface area contributed by atoms with Crippen LogP contribution in [0.2, 0.25) is 0 Å². The SMILES string of the molecule is CC(NCC(C)S(C)=O)c1cccc(F)c1. The summed E-state index contributed by atoms with van der Waals surface area (Å²) in [7, 11) is -0.824. The molecule has 0 fully saturated rings. The summed E-state index contributed by atoms with van der Waals surface area (Å²) in [5.41, 5.74) is 0.911. The molecule has 4 heteroatoms. The molecule has 2 nitrogen and oxygen atoms in total. The second-order valence-electron chi connectivity index (χ2n) is 3.99. The number of hydrogen-bond acceptors (Lipinski definition) is 2. The molecule has 0 heterocycles. The number of hydrogen-bond donors (Lipinski definition) is 1. The second kappa shape index (κ2) is 6.11. The first-order valence-corrected chi connectivity index (χ1v) is 6.94. The van der Waals surface area contributed by atoms with Crippen LogP contribution in [0, 0.1) is 5.82 Å². The van der Waals surface area contributed by atoms with Gasteiger partial charge < -0.3 is 5.32 Å². The van der Waals surface area contributed by atoms with E-state index in [0.29, 0.717) is 6.54 Å². The number of benzene rings is 1. The van der Waals surface area contributed by atoms with Crippen molar-refractivity contribution in [2.24, 2.45) is 0 Å². The Morgan fingerprint density at radius 2 is 2.12 bits per heavy atom. The molecule has 1 rings (SSSR count). The highest BCUT2D eigenvalue weighted by atomic mass is 32.2. The van der Waals surface area contributed by atoms with Gasteiger partial charge in [-0.3, -0.25) is 4.21 Å². The molecule has 0 saturated heterocycles. The van der Waals surface area contributed by atoms with Crippen molar-refractivity contribution in [3.63, 3.8) is 0 Å². The minimum absolute atomic E-state index is 0.0710. The van der Waals surface area contributed by atoms with Crippen molar-refractivity contribution in [1.82, 2.24) is 5.32 Å². The van der Waals surface area contributed by atoms with E-state index in [0.717, 1.165) is 5.56 Å². The topological polar surface area (TPSA) is 29.1 Å². The second-order valence-corrected chi connectivity index (χ2v) is 5.80. The molecule has 0 aromatic heterocycles. The molecule has 0 saturated carbocycles. The zero-order valence-corrected chi connectivity index (χ0v) is 10.7. The van der Waals surface area contributed by atoms with E-state index in [1.165, 1.54) is 12.1 Å². The Balaban J connectivity index is 2.52. The van der Waals surface area contributed by atoms with Crippen LogP contribution >= 0.6 is 0 Å². The van der Waals surface area contributed by atoms with Gasteiger partial charge in [-0.15, -0.1) is 0 Å². The zero-order valence-electron chi connectivity index (χ0n) is 9.87. The van der Waals surface area contributed by atoms with Gasteiger partial charge in [-0.1, -0.05) is 12.1 Å². The summed E-state index contributed by atoms with van der Waals surface area (Å²) in [6.07, 6.45) is 1.69. The van der Waals surface area contributed by atoms with Gasteiger partial charge in [0.1, 0.15) is 5.82 Å². The molecule has 3 unspecified atom stereocenters. The standard InChI is InChI=1S/C12H18FNOS/c1-9(16(3)15)8-14-10(2)11-5-4-6-12(13)7-11/h4-7,9-10,14H,8H2,1-3H3. The Labute approximate surface area is 98.7 Å². The Morgan fingerprint density at radius 3 is 2.69 bits per heavy atom. The maximum absolute atomic E-state index is 13.0. The average Bonchev–Trinajstić information content (AvgIpc) is 2.25. The van der Waals surface area contributed by atoms with Gasteiger partial charge in [-0.2, -0.15) is 0 Å². The summed E-state index contributed by atoms with van der Waals surface area (Å²) in [6, 6.07) is 6.60. The summed E-state index contributed by atoms with van der Waals surface area (Å²) < 4.78 is 24.1. The third-order valence-corrected chi connectivity index (χ3v) is 3.93. The Kier molecular flexibility index (Phi) is 5.09. The Hall–Kier alpha value is -0.740. The summed E-state index contributed by atoms with van der Waals surface area (Å²) >= 11 is 0. The lowest BCUT2D eigenvalue weighted by molar-refractivity contribution is 0.561. The van der Waals surface area contributed by atoms with E-state index in [1.54, 1.807) is 12.3 Å². The van der Waals surface area contributed by atoms with Crippen molar-refractivity contribution in [3.05, 3.63) is 35.6 Å². The molecule has 0 aliphatic heterocycles. The van der Waals surface area contributed by atoms with Crippen LogP contribution in [0.25, 0.3) is 0 Å². The summed E-state index contributed by atoms with van der Waals surface area (Å²) in [6.45, 7) is 4.57. The molecular formula is C12H18FNOS. The molecule has 1 aromatic rings.